The van der Waals surface area contributed by atoms with E-state index in [-0.39, 0.29) is 39.1 Å². The van der Waals surface area contributed by atoms with E-state index in [0.717, 1.165) is 0 Å². The Hall–Kier alpha value is -0.956. The highest BCUT2D eigenvalue weighted by Crippen LogP contribution is 2.48. The van der Waals surface area contributed by atoms with Gasteiger partial charge in [-0.25, -0.2) is 4.79 Å². The van der Waals surface area contributed by atoms with E-state index in [0.29, 0.717) is 13.0 Å². The Bertz CT molecular complexity index is 964. The highest BCUT2D eigenvalue weighted by molar-refractivity contribution is 6.83. The molecule has 3 N–H and O–H groups in total. The number of nitrogens with two attached hydrogens (primary N) is 1. The average molecular weight is 520 g/mol. The smallest absolute Gasteiger partial charge is 0.335 e. The summed E-state index contributed by atoms with van der Waals surface area (Å²) in [7, 11) is -5.48. The molecule has 188 valence electrons. The maximum Gasteiger partial charge on any atom is 0.335 e. The van der Waals surface area contributed by atoms with Crippen LogP contribution >= 0.6 is 11.6 Å². The molecule has 9 nitrogen and oxygen atoms in total. The quantitative estimate of drug-likeness (QED) is 0.564. The second-order valence-corrected chi connectivity index (χ2v) is 19.5. The van der Waals surface area contributed by atoms with Crippen molar-refractivity contribution in [1.82, 2.24) is 9.55 Å². The minimum atomic E-state index is -2.79. The Morgan fingerprint density at radius 1 is 0.970 bits per heavy atom. The van der Waals surface area contributed by atoms with Crippen molar-refractivity contribution >= 4 is 34.5 Å². The van der Waals surface area contributed by atoms with Crippen molar-refractivity contribution in [2.24, 2.45) is 0 Å². The number of nitrogens with zero attached hydrogens (tertiary/aromatic N) is 1. The minimum Gasteiger partial charge on any atom is -0.414 e. The Morgan fingerprint density at radius 3 is 2.03 bits per heavy atom. The summed E-state index contributed by atoms with van der Waals surface area (Å²) in [4.78, 5) is 26.6. The molecule has 2 aliphatic heterocycles. The number of halogens is 1. The van der Waals surface area contributed by atoms with Crippen molar-refractivity contribution in [3.05, 3.63) is 25.9 Å². The zero-order chi connectivity index (χ0) is 24.9. The highest BCUT2D eigenvalue weighted by atomic mass is 35.5. The largest absolute Gasteiger partial charge is 0.414 e. The van der Waals surface area contributed by atoms with E-state index in [4.69, 9.17) is 35.0 Å². The van der Waals surface area contributed by atoms with Gasteiger partial charge in [-0.15, -0.1) is 0 Å². The van der Waals surface area contributed by atoms with Crippen LogP contribution in [-0.2, 0) is 17.7 Å². The third-order valence-corrected chi connectivity index (χ3v) is 17.6. The van der Waals surface area contributed by atoms with Gasteiger partial charge in [0.05, 0.1) is 12.7 Å². The predicted octanol–water partition coefficient (Wildman–Crippen LogP) is 4.02. The van der Waals surface area contributed by atoms with Gasteiger partial charge in [-0.05, 0) is 22.2 Å². The summed E-state index contributed by atoms with van der Waals surface area (Å²) in [5.74, 6) is -0.119. The molecular formula is C21H38ClN3O6Si2. The van der Waals surface area contributed by atoms with E-state index < -0.39 is 40.7 Å². The first-order valence-electron chi connectivity index (χ1n) is 11.7. The van der Waals surface area contributed by atoms with Crippen LogP contribution in [0.25, 0.3) is 0 Å². The maximum atomic E-state index is 12.6. The molecule has 0 amide bonds. The van der Waals surface area contributed by atoms with Crippen molar-refractivity contribution in [2.45, 2.75) is 102 Å². The number of ether oxygens (including phenoxy) is 1. The Kier molecular flexibility index (Phi) is 7.75. The lowest BCUT2D eigenvalue weighted by molar-refractivity contribution is -0.0559. The van der Waals surface area contributed by atoms with Gasteiger partial charge >= 0.3 is 22.8 Å². The molecule has 0 bridgehead atoms. The van der Waals surface area contributed by atoms with Crippen LogP contribution in [0.2, 0.25) is 27.2 Å². The summed E-state index contributed by atoms with van der Waals surface area (Å²) in [5, 5.41) is -0.234. The van der Waals surface area contributed by atoms with Gasteiger partial charge in [-0.1, -0.05) is 67.0 Å². The molecule has 1 aromatic heterocycles. The summed E-state index contributed by atoms with van der Waals surface area (Å²) in [6.07, 6.45) is -1.10. The van der Waals surface area contributed by atoms with Gasteiger partial charge in [0.2, 0.25) is 0 Å². The third-order valence-electron chi connectivity index (χ3n) is 6.94. The van der Waals surface area contributed by atoms with Crippen LogP contribution in [0.1, 0.15) is 68.0 Å². The molecule has 0 spiro atoms. The number of nitrogens with one attached hydrogen (secondary N) is 1. The van der Waals surface area contributed by atoms with E-state index in [2.05, 4.69) is 60.4 Å². The van der Waals surface area contributed by atoms with Gasteiger partial charge in [-0.3, -0.25) is 14.3 Å². The van der Waals surface area contributed by atoms with Crippen molar-refractivity contribution in [1.29, 1.82) is 0 Å². The van der Waals surface area contributed by atoms with Crippen molar-refractivity contribution in [2.75, 3.05) is 12.3 Å². The van der Waals surface area contributed by atoms with E-state index in [1.807, 2.05) is 0 Å². The number of H-pyrrole nitrogens is 1. The van der Waals surface area contributed by atoms with Crippen LogP contribution in [0.4, 0.5) is 5.82 Å². The second kappa shape index (κ2) is 9.59. The number of rotatable bonds is 5. The topological polar surface area (TPSA) is 118 Å². The minimum absolute atomic E-state index is 0.119. The molecule has 3 rings (SSSR count). The number of hydrogen-bond acceptors (Lipinski definition) is 7. The zero-order valence-corrected chi connectivity index (χ0v) is 23.6. The molecule has 2 saturated heterocycles. The van der Waals surface area contributed by atoms with Crippen LogP contribution in [0.15, 0.2) is 9.59 Å². The molecule has 2 fully saturated rings. The molecular weight excluding hydrogens is 482 g/mol. The van der Waals surface area contributed by atoms with Crippen LogP contribution in [0.3, 0.4) is 0 Å². The number of anilines is 1. The second-order valence-electron chi connectivity index (χ2n) is 10.3. The van der Waals surface area contributed by atoms with Gasteiger partial charge in [0.15, 0.2) is 0 Å². The molecule has 0 radical (unpaired) electrons. The lowest BCUT2D eigenvalue weighted by Crippen LogP contribution is -2.65. The molecule has 0 unspecified atom stereocenters. The highest BCUT2D eigenvalue weighted by Gasteiger charge is 2.60. The van der Waals surface area contributed by atoms with E-state index >= 15 is 0 Å². The first kappa shape index (κ1) is 26.6. The van der Waals surface area contributed by atoms with Gasteiger partial charge < -0.3 is 23.4 Å². The lowest BCUT2D eigenvalue weighted by Gasteiger charge is -2.51. The van der Waals surface area contributed by atoms with E-state index in [9.17, 15) is 9.59 Å². The normalized spacial score (nSPS) is 27.2. The summed E-state index contributed by atoms with van der Waals surface area (Å²) >= 11 is 6.03. The average Bonchev–Trinajstić information content (AvgIpc) is 3.07. The van der Waals surface area contributed by atoms with Crippen LogP contribution in [-0.4, -0.2) is 45.5 Å². The summed E-state index contributed by atoms with van der Waals surface area (Å²) in [5.41, 5.74) is 5.45. The van der Waals surface area contributed by atoms with Crippen LogP contribution in [0, 0.1) is 0 Å². The predicted molar refractivity (Wildman–Crippen MR) is 133 cm³/mol. The molecule has 3 heterocycles. The molecule has 1 aromatic rings. The molecule has 0 aliphatic carbocycles. The van der Waals surface area contributed by atoms with Crippen molar-refractivity contribution in [3.63, 3.8) is 0 Å². The number of nitrogen functional groups attached to an aromatic ring is 1. The zero-order valence-electron chi connectivity index (χ0n) is 20.8. The first-order chi connectivity index (χ1) is 15.3. The Morgan fingerprint density at radius 2 is 1.52 bits per heavy atom. The lowest BCUT2D eigenvalue weighted by atomic mass is 10.2. The number of aromatic amines is 1. The fourth-order valence-electron chi connectivity index (χ4n) is 5.12. The molecule has 33 heavy (non-hydrogen) atoms. The first-order valence-corrected chi connectivity index (χ1v) is 16.1. The van der Waals surface area contributed by atoms with Gasteiger partial charge in [0.25, 0.3) is 5.56 Å². The monoisotopic (exact) mass is 519 g/mol. The number of fused-ring (bicyclic) bond motifs is 1. The van der Waals surface area contributed by atoms with E-state index in [1.54, 1.807) is 0 Å². The molecule has 3 atom stereocenters. The number of aromatic nitrogens is 2. The van der Waals surface area contributed by atoms with E-state index in [1.165, 1.54) is 4.57 Å². The van der Waals surface area contributed by atoms with Gasteiger partial charge in [0, 0.05) is 6.42 Å². The third kappa shape index (κ3) is 4.53. The fraction of sp³-hybridized carbons (Fsp3) is 0.810. The standard InChI is InChI=1S/C21H38ClN3O6Si2/c1-11(2)32(12(3)4)28-10-16-15(30-33(31-32,13(5)6)14(7)8)9-17(29-16)25-19(23)18(22)20(26)24-21(25)27/h11-17H,9-10,23H2,1-8H3,(H,24,26,27)/t15-,16+,17+/m0/s1. The summed E-state index contributed by atoms with van der Waals surface area (Å²) < 4.78 is 28.3. The molecule has 0 aromatic carbocycles. The van der Waals surface area contributed by atoms with Crippen molar-refractivity contribution < 1.29 is 17.7 Å². The van der Waals surface area contributed by atoms with Gasteiger partial charge in [-0.2, -0.15) is 0 Å². The summed E-state index contributed by atoms with van der Waals surface area (Å²) in [6.45, 7) is 17.5. The van der Waals surface area contributed by atoms with Crippen LogP contribution in [0.5, 0.6) is 0 Å². The van der Waals surface area contributed by atoms with Gasteiger partial charge in [0.1, 0.15) is 23.2 Å². The Balaban J connectivity index is 2.07. The number of hydrogen-bond donors (Lipinski definition) is 2. The maximum absolute atomic E-state index is 12.6. The molecule has 12 heteroatoms. The Labute approximate surface area is 202 Å². The molecule has 0 saturated carbocycles. The molecule has 2 aliphatic rings. The van der Waals surface area contributed by atoms with Crippen molar-refractivity contribution in [3.8, 4) is 0 Å². The van der Waals surface area contributed by atoms with Crippen LogP contribution < -0.4 is 17.0 Å². The SMILES string of the molecule is CC(C)[Si]1(C(C)C)OC[C@H]2O[C@@H](n3c(N)c(Cl)c(=O)[nH]c3=O)C[C@@H]2O[Si](C(C)C)(C(C)C)O1. The fourth-order valence-corrected chi connectivity index (χ4v) is 16.5. The summed E-state index contributed by atoms with van der Waals surface area (Å²) in [6, 6.07) is 0.